The summed E-state index contributed by atoms with van der Waals surface area (Å²) in [6.07, 6.45) is 3.44. The minimum Gasteiger partial charge on any atom is -0.462 e. The molecule has 1 aromatic heterocycles. The standard InChI is InChI=1S/C16H20O2S/c1-4-6-7-12-8-9-14-13(10-12)15(11(3)19-14)16(17)18-5-2/h8-10H,4-7H2,1-3H3. The van der Waals surface area contributed by atoms with Crippen LogP contribution in [-0.4, -0.2) is 12.6 Å². The Morgan fingerprint density at radius 2 is 2.11 bits per heavy atom. The van der Waals surface area contributed by atoms with Crippen LogP contribution in [0.25, 0.3) is 10.1 Å². The number of carbonyl (C=O) groups is 1. The summed E-state index contributed by atoms with van der Waals surface area (Å²) in [6, 6.07) is 6.45. The Morgan fingerprint density at radius 3 is 2.79 bits per heavy atom. The molecule has 0 bridgehead atoms. The van der Waals surface area contributed by atoms with Crippen LogP contribution in [0.3, 0.4) is 0 Å². The molecule has 3 heteroatoms. The number of ether oxygens (including phenoxy) is 1. The molecule has 0 unspecified atom stereocenters. The number of benzene rings is 1. The molecule has 2 rings (SSSR count). The lowest BCUT2D eigenvalue weighted by atomic mass is 10.0. The number of thiophene rings is 1. The number of rotatable bonds is 5. The van der Waals surface area contributed by atoms with E-state index in [2.05, 4.69) is 25.1 Å². The number of carbonyl (C=O) groups excluding carboxylic acids is 1. The van der Waals surface area contributed by atoms with E-state index in [1.165, 1.54) is 23.1 Å². The van der Waals surface area contributed by atoms with Gasteiger partial charge in [0.2, 0.25) is 0 Å². The topological polar surface area (TPSA) is 26.3 Å². The lowest BCUT2D eigenvalue weighted by molar-refractivity contribution is 0.0528. The van der Waals surface area contributed by atoms with Crippen LogP contribution in [0, 0.1) is 6.92 Å². The fraction of sp³-hybridized carbons (Fsp3) is 0.438. The highest BCUT2D eigenvalue weighted by atomic mass is 32.1. The molecule has 2 aromatic rings. The van der Waals surface area contributed by atoms with Gasteiger partial charge >= 0.3 is 5.97 Å². The van der Waals surface area contributed by atoms with E-state index in [0.717, 1.165) is 22.2 Å². The largest absolute Gasteiger partial charge is 0.462 e. The summed E-state index contributed by atoms with van der Waals surface area (Å²) < 4.78 is 6.33. The lowest BCUT2D eigenvalue weighted by Crippen LogP contribution is -2.05. The molecular formula is C16H20O2S. The van der Waals surface area contributed by atoms with Crippen molar-refractivity contribution in [3.8, 4) is 0 Å². The molecule has 0 spiro atoms. The van der Waals surface area contributed by atoms with E-state index in [1.54, 1.807) is 11.3 Å². The van der Waals surface area contributed by atoms with E-state index in [-0.39, 0.29) is 5.97 Å². The number of fused-ring (bicyclic) bond motifs is 1. The van der Waals surface area contributed by atoms with Gasteiger partial charge in [-0.1, -0.05) is 19.4 Å². The number of unbranched alkanes of at least 4 members (excludes halogenated alkanes) is 1. The Bertz CT molecular complexity index is 584. The summed E-state index contributed by atoms with van der Waals surface area (Å²) >= 11 is 1.66. The average molecular weight is 276 g/mol. The Hall–Kier alpha value is -1.35. The third-order valence-corrected chi connectivity index (χ3v) is 4.31. The fourth-order valence-corrected chi connectivity index (χ4v) is 3.29. The second-order valence-electron chi connectivity index (χ2n) is 4.69. The SMILES string of the molecule is CCCCc1ccc2sc(C)c(C(=O)OCC)c2c1. The first-order valence-corrected chi connectivity index (χ1v) is 7.68. The zero-order chi connectivity index (χ0) is 13.8. The van der Waals surface area contributed by atoms with E-state index >= 15 is 0 Å². The molecule has 0 N–H and O–H groups in total. The highest BCUT2D eigenvalue weighted by Gasteiger charge is 2.17. The highest BCUT2D eigenvalue weighted by Crippen LogP contribution is 2.32. The van der Waals surface area contributed by atoms with Gasteiger partial charge in [0.15, 0.2) is 0 Å². The molecule has 19 heavy (non-hydrogen) atoms. The van der Waals surface area contributed by atoms with Crippen LogP contribution in [0.2, 0.25) is 0 Å². The minimum atomic E-state index is -0.195. The van der Waals surface area contributed by atoms with Crippen molar-refractivity contribution in [1.82, 2.24) is 0 Å². The van der Waals surface area contributed by atoms with Crippen molar-refractivity contribution in [2.24, 2.45) is 0 Å². The van der Waals surface area contributed by atoms with Crippen molar-refractivity contribution >= 4 is 27.4 Å². The molecule has 0 fully saturated rings. The predicted octanol–water partition coefficient (Wildman–Crippen LogP) is 4.73. The summed E-state index contributed by atoms with van der Waals surface area (Å²) in [6.45, 7) is 6.44. The van der Waals surface area contributed by atoms with Crippen LogP contribution in [0.1, 0.15) is 47.5 Å². The lowest BCUT2D eigenvalue weighted by Gasteiger charge is -2.03. The average Bonchev–Trinajstić information content (AvgIpc) is 2.71. The van der Waals surface area contributed by atoms with Gasteiger partial charge in [-0.25, -0.2) is 4.79 Å². The van der Waals surface area contributed by atoms with E-state index < -0.39 is 0 Å². The molecule has 1 heterocycles. The summed E-state index contributed by atoms with van der Waals surface area (Å²) in [5.41, 5.74) is 2.05. The van der Waals surface area contributed by atoms with Crippen LogP contribution in [0.15, 0.2) is 18.2 Å². The first-order valence-electron chi connectivity index (χ1n) is 6.86. The van der Waals surface area contributed by atoms with Crippen molar-refractivity contribution in [2.75, 3.05) is 6.61 Å². The molecule has 0 saturated heterocycles. The third kappa shape index (κ3) is 2.98. The maximum Gasteiger partial charge on any atom is 0.339 e. The molecule has 0 aliphatic heterocycles. The summed E-state index contributed by atoms with van der Waals surface area (Å²) in [7, 11) is 0. The van der Waals surface area contributed by atoms with Crippen LogP contribution < -0.4 is 0 Å². The Kier molecular flexibility index (Phi) is 4.59. The molecule has 102 valence electrons. The van der Waals surface area contributed by atoms with Crippen LogP contribution in [-0.2, 0) is 11.2 Å². The van der Waals surface area contributed by atoms with Crippen LogP contribution in [0.4, 0.5) is 0 Å². The maximum atomic E-state index is 12.1. The Morgan fingerprint density at radius 1 is 1.32 bits per heavy atom. The Balaban J connectivity index is 2.44. The van der Waals surface area contributed by atoms with Gasteiger partial charge in [0.05, 0.1) is 12.2 Å². The third-order valence-electron chi connectivity index (χ3n) is 3.23. The number of esters is 1. The second kappa shape index (κ2) is 6.20. The molecule has 0 aliphatic rings. The van der Waals surface area contributed by atoms with Crippen molar-refractivity contribution in [2.45, 2.75) is 40.0 Å². The first kappa shape index (κ1) is 14.1. The van der Waals surface area contributed by atoms with Crippen molar-refractivity contribution in [1.29, 1.82) is 0 Å². The van der Waals surface area contributed by atoms with Gasteiger partial charge < -0.3 is 4.74 Å². The number of hydrogen-bond donors (Lipinski definition) is 0. The molecule has 0 saturated carbocycles. The van der Waals surface area contributed by atoms with E-state index in [0.29, 0.717) is 6.61 Å². The molecule has 1 aromatic carbocycles. The van der Waals surface area contributed by atoms with E-state index in [4.69, 9.17) is 4.74 Å². The monoisotopic (exact) mass is 276 g/mol. The van der Waals surface area contributed by atoms with Crippen molar-refractivity contribution in [3.63, 3.8) is 0 Å². The molecule has 0 amide bonds. The molecular weight excluding hydrogens is 256 g/mol. The zero-order valence-electron chi connectivity index (χ0n) is 11.8. The van der Waals surface area contributed by atoms with Gasteiger partial charge in [-0.15, -0.1) is 11.3 Å². The molecule has 0 aliphatic carbocycles. The maximum absolute atomic E-state index is 12.1. The van der Waals surface area contributed by atoms with Crippen LogP contribution >= 0.6 is 11.3 Å². The fourth-order valence-electron chi connectivity index (χ4n) is 2.26. The van der Waals surface area contributed by atoms with Gasteiger partial charge in [-0.3, -0.25) is 0 Å². The second-order valence-corrected chi connectivity index (χ2v) is 5.94. The van der Waals surface area contributed by atoms with E-state index in [9.17, 15) is 4.79 Å². The quantitative estimate of drug-likeness (QED) is 0.738. The van der Waals surface area contributed by atoms with Gasteiger partial charge in [-0.05, 0) is 44.4 Å². The smallest absolute Gasteiger partial charge is 0.339 e. The Labute approximate surface area is 118 Å². The van der Waals surface area contributed by atoms with Crippen LogP contribution in [0.5, 0.6) is 0 Å². The van der Waals surface area contributed by atoms with Crippen molar-refractivity contribution in [3.05, 3.63) is 34.2 Å². The van der Waals surface area contributed by atoms with Crippen molar-refractivity contribution < 1.29 is 9.53 Å². The number of hydrogen-bond acceptors (Lipinski definition) is 3. The predicted molar refractivity (Wildman–Crippen MR) is 81.1 cm³/mol. The number of aryl methyl sites for hydroxylation is 2. The molecule has 2 nitrogen and oxygen atoms in total. The summed E-state index contributed by atoms with van der Waals surface area (Å²) in [4.78, 5) is 13.1. The summed E-state index contributed by atoms with van der Waals surface area (Å²) in [5.74, 6) is -0.195. The summed E-state index contributed by atoms with van der Waals surface area (Å²) in [5, 5.41) is 1.05. The van der Waals surface area contributed by atoms with Gasteiger partial charge in [0, 0.05) is 15.0 Å². The minimum absolute atomic E-state index is 0.195. The van der Waals surface area contributed by atoms with E-state index in [1.807, 2.05) is 13.8 Å². The highest BCUT2D eigenvalue weighted by molar-refractivity contribution is 7.19. The normalized spacial score (nSPS) is 10.9. The first-order chi connectivity index (χ1) is 9.17. The van der Waals surface area contributed by atoms with Gasteiger partial charge in [0.1, 0.15) is 0 Å². The van der Waals surface area contributed by atoms with Gasteiger partial charge in [0.25, 0.3) is 0 Å². The van der Waals surface area contributed by atoms with Gasteiger partial charge in [-0.2, -0.15) is 0 Å². The zero-order valence-corrected chi connectivity index (χ0v) is 12.6. The molecule has 0 atom stereocenters. The molecule has 0 radical (unpaired) electrons.